The molecule has 1 amide bonds. The van der Waals surface area contributed by atoms with Crippen LogP contribution in [0.3, 0.4) is 0 Å². The SMILES string of the molecule is COc1cc(NC(=O)C2CC23CCCC3)ccc1C(=O)O. The van der Waals surface area contributed by atoms with Gasteiger partial charge in [-0.05, 0) is 36.8 Å². The molecule has 2 N–H and O–H groups in total. The van der Waals surface area contributed by atoms with Crippen molar-refractivity contribution in [2.75, 3.05) is 12.4 Å². The van der Waals surface area contributed by atoms with Crippen LogP contribution in [-0.4, -0.2) is 24.1 Å². The molecule has 21 heavy (non-hydrogen) atoms. The van der Waals surface area contributed by atoms with Crippen LogP contribution in [-0.2, 0) is 4.79 Å². The van der Waals surface area contributed by atoms with Crippen molar-refractivity contribution in [1.29, 1.82) is 0 Å². The van der Waals surface area contributed by atoms with Gasteiger partial charge in [-0.1, -0.05) is 12.8 Å². The minimum absolute atomic E-state index is 0.0435. The van der Waals surface area contributed by atoms with Crippen LogP contribution in [0.25, 0.3) is 0 Å². The van der Waals surface area contributed by atoms with Crippen molar-refractivity contribution in [2.45, 2.75) is 32.1 Å². The quantitative estimate of drug-likeness (QED) is 0.893. The number of ether oxygens (including phenoxy) is 1. The molecule has 1 spiro atoms. The predicted octanol–water partition coefficient (Wildman–Crippen LogP) is 2.91. The third kappa shape index (κ3) is 2.48. The second-order valence-corrected chi connectivity index (χ2v) is 6.04. The number of carboxylic acids is 1. The van der Waals surface area contributed by atoms with E-state index < -0.39 is 5.97 Å². The van der Waals surface area contributed by atoms with Gasteiger partial charge >= 0.3 is 5.97 Å². The number of hydrogen-bond acceptors (Lipinski definition) is 3. The summed E-state index contributed by atoms with van der Waals surface area (Å²) < 4.78 is 5.07. The molecule has 2 aliphatic carbocycles. The molecule has 2 fully saturated rings. The maximum absolute atomic E-state index is 12.3. The first-order valence-electron chi connectivity index (χ1n) is 7.28. The lowest BCUT2D eigenvalue weighted by Gasteiger charge is -2.11. The highest BCUT2D eigenvalue weighted by Gasteiger charge is 2.58. The Bertz CT molecular complexity index is 590. The van der Waals surface area contributed by atoms with Gasteiger partial charge in [0.15, 0.2) is 0 Å². The summed E-state index contributed by atoms with van der Waals surface area (Å²) in [6.45, 7) is 0. The molecule has 1 atom stereocenters. The maximum atomic E-state index is 12.3. The van der Waals surface area contributed by atoms with Crippen molar-refractivity contribution in [2.24, 2.45) is 11.3 Å². The number of anilines is 1. The fraction of sp³-hybridized carbons (Fsp3) is 0.500. The van der Waals surface area contributed by atoms with Gasteiger partial charge in [-0.25, -0.2) is 4.79 Å². The minimum atomic E-state index is -1.04. The molecular weight excluding hydrogens is 270 g/mol. The normalized spacial score (nSPS) is 22.0. The van der Waals surface area contributed by atoms with Crippen LogP contribution in [0.5, 0.6) is 5.75 Å². The number of carbonyl (C=O) groups excluding carboxylic acids is 1. The smallest absolute Gasteiger partial charge is 0.339 e. The second-order valence-electron chi connectivity index (χ2n) is 6.04. The summed E-state index contributed by atoms with van der Waals surface area (Å²) in [5, 5.41) is 11.9. The molecule has 1 aromatic carbocycles. The Balaban J connectivity index is 1.71. The summed E-state index contributed by atoms with van der Waals surface area (Å²) in [7, 11) is 1.42. The molecule has 0 radical (unpaired) electrons. The molecular formula is C16H19NO4. The zero-order valence-corrected chi connectivity index (χ0v) is 12.0. The highest BCUT2D eigenvalue weighted by Crippen LogP contribution is 2.63. The van der Waals surface area contributed by atoms with Gasteiger partial charge in [0.1, 0.15) is 11.3 Å². The summed E-state index contributed by atoms with van der Waals surface area (Å²) in [5.74, 6) is -0.629. The van der Waals surface area contributed by atoms with E-state index in [0.717, 1.165) is 19.3 Å². The van der Waals surface area contributed by atoms with E-state index in [0.29, 0.717) is 5.69 Å². The summed E-state index contributed by atoms with van der Waals surface area (Å²) >= 11 is 0. The number of hydrogen-bond donors (Lipinski definition) is 2. The summed E-state index contributed by atoms with van der Waals surface area (Å²) in [4.78, 5) is 23.3. The fourth-order valence-electron chi connectivity index (χ4n) is 3.53. The standard InChI is InChI=1S/C16H19NO4/c1-21-13-8-10(4-5-11(13)15(19)20)17-14(18)12-9-16(12)6-2-3-7-16/h4-5,8,12H,2-3,6-7,9H2,1H3,(H,17,18)(H,19,20). The molecule has 2 saturated carbocycles. The van der Waals surface area contributed by atoms with Crippen molar-refractivity contribution < 1.29 is 19.4 Å². The number of amides is 1. The van der Waals surface area contributed by atoms with E-state index in [2.05, 4.69) is 5.32 Å². The highest BCUT2D eigenvalue weighted by molar-refractivity contribution is 5.97. The fourth-order valence-corrected chi connectivity index (χ4v) is 3.53. The van der Waals surface area contributed by atoms with Crippen LogP contribution in [0, 0.1) is 11.3 Å². The van der Waals surface area contributed by atoms with E-state index >= 15 is 0 Å². The third-order valence-corrected chi connectivity index (χ3v) is 4.81. The Kier molecular flexibility index (Phi) is 3.35. The first-order valence-corrected chi connectivity index (χ1v) is 7.28. The van der Waals surface area contributed by atoms with E-state index in [9.17, 15) is 9.59 Å². The Morgan fingerprint density at radius 3 is 2.67 bits per heavy atom. The van der Waals surface area contributed by atoms with E-state index in [-0.39, 0.29) is 28.6 Å². The molecule has 5 nitrogen and oxygen atoms in total. The first kappa shape index (κ1) is 13.9. The van der Waals surface area contributed by atoms with Crippen LogP contribution >= 0.6 is 0 Å². The molecule has 3 rings (SSSR count). The molecule has 0 aliphatic heterocycles. The van der Waals surface area contributed by atoms with Gasteiger partial charge in [0, 0.05) is 17.7 Å². The van der Waals surface area contributed by atoms with Gasteiger partial charge in [-0.2, -0.15) is 0 Å². The molecule has 5 heteroatoms. The lowest BCUT2D eigenvalue weighted by atomic mass is 10.0. The van der Waals surface area contributed by atoms with Crippen molar-refractivity contribution >= 4 is 17.6 Å². The Labute approximate surface area is 123 Å². The molecule has 0 bridgehead atoms. The maximum Gasteiger partial charge on any atom is 0.339 e. The largest absolute Gasteiger partial charge is 0.496 e. The minimum Gasteiger partial charge on any atom is -0.496 e. The number of nitrogens with one attached hydrogen (secondary N) is 1. The molecule has 0 aromatic heterocycles. The van der Waals surface area contributed by atoms with Crippen molar-refractivity contribution in [3.8, 4) is 5.75 Å². The van der Waals surface area contributed by atoms with Crippen molar-refractivity contribution in [3.63, 3.8) is 0 Å². The van der Waals surface area contributed by atoms with Gasteiger partial charge < -0.3 is 15.2 Å². The number of carboxylic acid groups (broad SMARTS) is 1. The summed E-state index contributed by atoms with van der Waals surface area (Å²) in [6.07, 6.45) is 5.76. The topological polar surface area (TPSA) is 75.6 Å². The van der Waals surface area contributed by atoms with Crippen molar-refractivity contribution in [3.05, 3.63) is 23.8 Å². The zero-order valence-electron chi connectivity index (χ0n) is 12.0. The second kappa shape index (κ2) is 5.06. The third-order valence-electron chi connectivity index (χ3n) is 4.81. The Morgan fingerprint density at radius 1 is 1.33 bits per heavy atom. The highest BCUT2D eigenvalue weighted by atomic mass is 16.5. The van der Waals surface area contributed by atoms with Crippen LogP contribution in [0.4, 0.5) is 5.69 Å². The van der Waals surface area contributed by atoms with Crippen LogP contribution in [0.15, 0.2) is 18.2 Å². The Hall–Kier alpha value is -2.04. The Morgan fingerprint density at radius 2 is 2.05 bits per heavy atom. The monoisotopic (exact) mass is 289 g/mol. The average molecular weight is 289 g/mol. The van der Waals surface area contributed by atoms with E-state index in [1.165, 1.54) is 26.0 Å². The molecule has 2 aliphatic rings. The van der Waals surface area contributed by atoms with E-state index in [1.54, 1.807) is 12.1 Å². The van der Waals surface area contributed by atoms with Crippen molar-refractivity contribution in [1.82, 2.24) is 0 Å². The van der Waals surface area contributed by atoms with E-state index in [1.807, 2.05) is 0 Å². The number of methoxy groups -OCH3 is 1. The summed E-state index contributed by atoms with van der Waals surface area (Å²) in [6, 6.07) is 4.62. The molecule has 0 saturated heterocycles. The number of rotatable bonds is 4. The van der Waals surface area contributed by atoms with Gasteiger partial charge in [0.05, 0.1) is 7.11 Å². The van der Waals surface area contributed by atoms with E-state index in [4.69, 9.17) is 9.84 Å². The zero-order chi connectivity index (χ0) is 15.0. The first-order chi connectivity index (χ1) is 10.1. The molecule has 1 aromatic rings. The van der Waals surface area contributed by atoms with Crippen LogP contribution in [0.1, 0.15) is 42.5 Å². The number of carbonyl (C=O) groups is 2. The summed E-state index contributed by atoms with van der Waals surface area (Å²) in [5.41, 5.74) is 0.936. The predicted molar refractivity (Wildman–Crippen MR) is 77.6 cm³/mol. The lowest BCUT2D eigenvalue weighted by Crippen LogP contribution is -2.17. The van der Waals surface area contributed by atoms with Gasteiger partial charge in [0.25, 0.3) is 0 Å². The van der Waals surface area contributed by atoms with Gasteiger partial charge in [0.2, 0.25) is 5.91 Å². The van der Waals surface area contributed by atoms with Gasteiger partial charge in [-0.3, -0.25) is 4.79 Å². The molecule has 112 valence electrons. The average Bonchev–Trinajstić information content (AvgIpc) is 2.96. The van der Waals surface area contributed by atoms with Gasteiger partial charge in [-0.15, -0.1) is 0 Å². The van der Waals surface area contributed by atoms with Crippen LogP contribution in [0.2, 0.25) is 0 Å². The van der Waals surface area contributed by atoms with Crippen LogP contribution < -0.4 is 10.1 Å². The molecule has 1 unspecified atom stereocenters. The molecule has 0 heterocycles. The number of aromatic carboxylic acids is 1. The number of benzene rings is 1. The lowest BCUT2D eigenvalue weighted by molar-refractivity contribution is -0.118.